The normalized spacial score (nSPS) is 15.0. The number of benzene rings is 1. The second-order valence-electron chi connectivity index (χ2n) is 4.70. The van der Waals surface area contributed by atoms with Crippen LogP contribution >= 0.6 is 0 Å². The third-order valence-electron chi connectivity index (χ3n) is 3.27. The van der Waals surface area contributed by atoms with E-state index in [1.807, 2.05) is 0 Å². The summed E-state index contributed by atoms with van der Waals surface area (Å²) in [6, 6.07) is 9.49. The lowest BCUT2D eigenvalue weighted by atomic mass is 10.1. The van der Waals surface area contributed by atoms with Crippen LogP contribution in [0.2, 0.25) is 0 Å². The van der Waals surface area contributed by atoms with Gasteiger partial charge < -0.3 is 9.88 Å². The van der Waals surface area contributed by atoms with Gasteiger partial charge in [-0.05, 0) is 42.0 Å². The topological polar surface area (TPSA) is 17.0 Å². The van der Waals surface area contributed by atoms with E-state index in [2.05, 4.69) is 46.3 Å². The van der Waals surface area contributed by atoms with Gasteiger partial charge in [-0.15, -0.1) is 6.42 Å². The van der Waals surface area contributed by atoms with Crippen molar-refractivity contribution in [3.63, 3.8) is 0 Å². The van der Waals surface area contributed by atoms with Crippen molar-refractivity contribution in [3.8, 4) is 12.3 Å². The van der Waals surface area contributed by atoms with E-state index in [-0.39, 0.29) is 0 Å². The first-order chi connectivity index (χ1) is 8.36. The van der Waals surface area contributed by atoms with Gasteiger partial charge in [-0.3, -0.25) is 0 Å². The number of nitrogens with zero attached hydrogens (tertiary/aromatic N) is 1. The molecule has 2 heteroatoms. The number of hydrogen-bond donors (Lipinski definition) is 1. The summed E-state index contributed by atoms with van der Waals surface area (Å²) < 4.78 is 2.10. The molecule has 17 heavy (non-hydrogen) atoms. The molecule has 0 radical (unpaired) electrons. The third-order valence-corrected chi connectivity index (χ3v) is 3.27. The highest BCUT2D eigenvalue weighted by atomic mass is 15.0. The second-order valence-corrected chi connectivity index (χ2v) is 4.70. The van der Waals surface area contributed by atoms with Crippen molar-refractivity contribution in [2.75, 3.05) is 0 Å². The van der Waals surface area contributed by atoms with Crippen LogP contribution in [0.5, 0.6) is 0 Å². The lowest BCUT2D eigenvalue weighted by Crippen LogP contribution is -2.15. The number of aromatic nitrogens is 1. The lowest BCUT2D eigenvalue weighted by Gasteiger charge is -2.04. The molecule has 1 aliphatic carbocycles. The Morgan fingerprint density at radius 2 is 2.24 bits per heavy atom. The van der Waals surface area contributed by atoms with Crippen LogP contribution < -0.4 is 5.32 Å². The standard InChI is InChI=1S/C15H16N2/c1-2-8-17-9-7-13-10-12(3-6-15(13)17)11-16-14-4-5-14/h1,3,6-7,9-10,14,16H,4-5,8,11H2. The average molecular weight is 224 g/mol. The summed E-state index contributed by atoms with van der Waals surface area (Å²) in [6.45, 7) is 1.62. The summed E-state index contributed by atoms with van der Waals surface area (Å²) in [6.07, 6.45) is 10.1. The smallest absolute Gasteiger partial charge is 0.0834 e. The van der Waals surface area contributed by atoms with Gasteiger partial charge >= 0.3 is 0 Å². The number of fused-ring (bicyclic) bond motifs is 1. The predicted molar refractivity (Wildman–Crippen MR) is 70.6 cm³/mol. The molecule has 0 aliphatic heterocycles. The molecule has 0 bridgehead atoms. The molecule has 1 aromatic heterocycles. The number of rotatable bonds is 4. The van der Waals surface area contributed by atoms with Crippen LogP contribution in [-0.2, 0) is 13.1 Å². The SMILES string of the molecule is C#CCn1ccc2cc(CNC3CC3)ccc21. The van der Waals surface area contributed by atoms with E-state index in [1.54, 1.807) is 0 Å². The molecule has 1 fully saturated rings. The van der Waals surface area contributed by atoms with E-state index in [4.69, 9.17) is 6.42 Å². The predicted octanol–water partition coefficient (Wildman–Crippen LogP) is 2.53. The van der Waals surface area contributed by atoms with E-state index in [0.717, 1.165) is 12.6 Å². The molecular formula is C15H16N2. The van der Waals surface area contributed by atoms with Crippen LogP contribution in [0.1, 0.15) is 18.4 Å². The van der Waals surface area contributed by atoms with Gasteiger partial charge in [-0.25, -0.2) is 0 Å². The molecule has 86 valence electrons. The molecule has 3 rings (SSSR count). The lowest BCUT2D eigenvalue weighted by molar-refractivity contribution is 0.688. The molecule has 2 nitrogen and oxygen atoms in total. The minimum Gasteiger partial charge on any atom is -0.336 e. The van der Waals surface area contributed by atoms with Gasteiger partial charge in [0.05, 0.1) is 6.54 Å². The quantitative estimate of drug-likeness (QED) is 0.790. The number of terminal acetylenes is 1. The largest absolute Gasteiger partial charge is 0.336 e. The molecule has 1 saturated carbocycles. The van der Waals surface area contributed by atoms with E-state index in [0.29, 0.717) is 6.54 Å². The van der Waals surface area contributed by atoms with Crippen molar-refractivity contribution in [2.24, 2.45) is 0 Å². The Morgan fingerprint density at radius 1 is 1.35 bits per heavy atom. The Kier molecular flexibility index (Phi) is 2.62. The molecule has 2 aromatic rings. The number of nitrogens with one attached hydrogen (secondary N) is 1. The van der Waals surface area contributed by atoms with Crippen LogP contribution in [0.15, 0.2) is 30.5 Å². The van der Waals surface area contributed by atoms with Crippen molar-refractivity contribution in [3.05, 3.63) is 36.0 Å². The van der Waals surface area contributed by atoms with Crippen molar-refractivity contribution in [1.29, 1.82) is 0 Å². The van der Waals surface area contributed by atoms with Crippen molar-refractivity contribution >= 4 is 10.9 Å². The Morgan fingerprint density at radius 3 is 3.00 bits per heavy atom. The molecule has 1 heterocycles. The highest BCUT2D eigenvalue weighted by Crippen LogP contribution is 2.21. The van der Waals surface area contributed by atoms with Gasteiger partial charge in [0.1, 0.15) is 0 Å². The van der Waals surface area contributed by atoms with Crippen molar-refractivity contribution < 1.29 is 0 Å². The molecule has 0 atom stereocenters. The fraction of sp³-hybridized carbons (Fsp3) is 0.333. The summed E-state index contributed by atoms with van der Waals surface area (Å²) in [5.41, 5.74) is 2.57. The monoisotopic (exact) mass is 224 g/mol. The van der Waals surface area contributed by atoms with Gasteiger partial charge in [0.25, 0.3) is 0 Å². The Balaban J connectivity index is 1.83. The van der Waals surface area contributed by atoms with Gasteiger partial charge in [-0.2, -0.15) is 0 Å². The first-order valence-corrected chi connectivity index (χ1v) is 6.11. The third kappa shape index (κ3) is 2.20. The maximum absolute atomic E-state index is 5.35. The Hall–Kier alpha value is -1.72. The minimum atomic E-state index is 0.642. The van der Waals surface area contributed by atoms with Crippen LogP contribution in [0.3, 0.4) is 0 Å². The van der Waals surface area contributed by atoms with Gasteiger partial charge in [0.15, 0.2) is 0 Å². The highest BCUT2D eigenvalue weighted by molar-refractivity contribution is 5.81. The number of hydrogen-bond acceptors (Lipinski definition) is 1. The fourth-order valence-electron chi connectivity index (χ4n) is 2.15. The zero-order valence-corrected chi connectivity index (χ0v) is 9.82. The maximum atomic E-state index is 5.35. The van der Waals surface area contributed by atoms with Crippen LogP contribution in [0.4, 0.5) is 0 Å². The van der Waals surface area contributed by atoms with Gasteiger partial charge in [0.2, 0.25) is 0 Å². The van der Waals surface area contributed by atoms with Gasteiger partial charge in [-0.1, -0.05) is 12.0 Å². The zero-order valence-electron chi connectivity index (χ0n) is 9.82. The van der Waals surface area contributed by atoms with Crippen LogP contribution in [0, 0.1) is 12.3 Å². The van der Waals surface area contributed by atoms with Crippen LogP contribution in [0.25, 0.3) is 10.9 Å². The van der Waals surface area contributed by atoms with E-state index in [9.17, 15) is 0 Å². The first kappa shape index (κ1) is 10.4. The molecule has 0 unspecified atom stereocenters. The first-order valence-electron chi connectivity index (χ1n) is 6.11. The molecule has 0 spiro atoms. The van der Waals surface area contributed by atoms with Crippen LogP contribution in [-0.4, -0.2) is 10.6 Å². The van der Waals surface area contributed by atoms with Crippen molar-refractivity contribution in [1.82, 2.24) is 9.88 Å². The Bertz CT molecular complexity index is 570. The van der Waals surface area contributed by atoms with Crippen molar-refractivity contribution in [2.45, 2.75) is 32.0 Å². The molecule has 1 aliphatic rings. The van der Waals surface area contributed by atoms with E-state index >= 15 is 0 Å². The van der Waals surface area contributed by atoms with Gasteiger partial charge in [0, 0.05) is 24.3 Å². The Labute approximate surface area is 102 Å². The molecule has 0 saturated heterocycles. The van der Waals surface area contributed by atoms with E-state index < -0.39 is 0 Å². The summed E-state index contributed by atoms with van der Waals surface area (Å²) in [4.78, 5) is 0. The zero-order chi connectivity index (χ0) is 11.7. The summed E-state index contributed by atoms with van der Waals surface area (Å²) in [7, 11) is 0. The summed E-state index contributed by atoms with van der Waals surface area (Å²) in [5, 5.41) is 4.80. The summed E-state index contributed by atoms with van der Waals surface area (Å²) >= 11 is 0. The van der Waals surface area contributed by atoms with E-state index in [1.165, 1.54) is 29.3 Å². The molecular weight excluding hydrogens is 208 g/mol. The minimum absolute atomic E-state index is 0.642. The maximum Gasteiger partial charge on any atom is 0.0834 e. The second kappa shape index (κ2) is 4.27. The average Bonchev–Trinajstić information content (AvgIpc) is 3.10. The molecule has 0 amide bonds. The fourth-order valence-corrected chi connectivity index (χ4v) is 2.15. The molecule has 1 aromatic carbocycles. The molecule has 1 N–H and O–H groups in total. The highest BCUT2D eigenvalue weighted by Gasteiger charge is 2.19. The summed E-state index contributed by atoms with van der Waals surface area (Å²) in [5.74, 6) is 2.68.